The number of rotatable bonds is 8. The number of aliphatic carboxylic acids is 1. The van der Waals surface area contributed by atoms with Gasteiger partial charge in [0.2, 0.25) is 5.91 Å². The smallest absolute Gasteiger partial charge is 0.325 e. The lowest BCUT2D eigenvalue weighted by atomic mass is 10.0. The average molecular weight is 346 g/mol. The second-order valence-electron chi connectivity index (χ2n) is 6.70. The van der Waals surface area contributed by atoms with Gasteiger partial charge in [0.15, 0.2) is 0 Å². The van der Waals surface area contributed by atoms with Gasteiger partial charge in [0.05, 0.1) is 0 Å². The Morgan fingerprint density at radius 3 is 2.40 bits per heavy atom. The van der Waals surface area contributed by atoms with Gasteiger partial charge in [-0.3, -0.25) is 14.4 Å². The van der Waals surface area contributed by atoms with Gasteiger partial charge in [-0.25, -0.2) is 0 Å². The van der Waals surface area contributed by atoms with Crippen molar-refractivity contribution in [1.29, 1.82) is 0 Å². The number of carbonyl (C=O) groups excluding carboxylic acids is 2. The van der Waals surface area contributed by atoms with Crippen molar-refractivity contribution in [3.63, 3.8) is 0 Å². The van der Waals surface area contributed by atoms with Crippen LogP contribution in [0.15, 0.2) is 24.3 Å². The van der Waals surface area contributed by atoms with Crippen LogP contribution in [0.4, 0.5) is 5.69 Å². The average Bonchev–Trinajstić information content (AvgIpc) is 3.08. The van der Waals surface area contributed by atoms with E-state index < -0.39 is 17.9 Å². The lowest BCUT2D eigenvalue weighted by Crippen LogP contribution is -2.38. The van der Waals surface area contributed by atoms with Gasteiger partial charge < -0.3 is 15.7 Å². The summed E-state index contributed by atoms with van der Waals surface area (Å²) < 4.78 is 0. The molecular formula is C19H26N2O4. The SMILES string of the molecule is CC(NC(=O)c1ccc(NC(=O)CCCC2CCCC2)cc1)C(=O)O. The maximum Gasteiger partial charge on any atom is 0.325 e. The highest BCUT2D eigenvalue weighted by molar-refractivity contribution is 5.97. The molecule has 0 radical (unpaired) electrons. The molecule has 1 fully saturated rings. The van der Waals surface area contributed by atoms with Crippen molar-refractivity contribution in [2.24, 2.45) is 5.92 Å². The van der Waals surface area contributed by atoms with Crippen molar-refractivity contribution >= 4 is 23.5 Å². The Kier molecular flexibility index (Phi) is 6.98. The predicted molar refractivity (Wildman–Crippen MR) is 95.4 cm³/mol. The molecular weight excluding hydrogens is 320 g/mol. The molecule has 0 spiro atoms. The zero-order chi connectivity index (χ0) is 18.2. The molecule has 0 aliphatic heterocycles. The standard InChI is InChI=1S/C19H26N2O4/c1-13(19(24)25)20-18(23)15-9-11-16(12-10-15)21-17(22)8-4-7-14-5-2-3-6-14/h9-14H,2-8H2,1H3,(H,20,23)(H,21,22)(H,24,25). The predicted octanol–water partition coefficient (Wildman–Crippen LogP) is 3.19. The molecule has 2 amide bonds. The molecule has 1 aliphatic carbocycles. The van der Waals surface area contributed by atoms with Crippen LogP contribution < -0.4 is 10.6 Å². The topological polar surface area (TPSA) is 95.5 Å². The summed E-state index contributed by atoms with van der Waals surface area (Å²) in [4.78, 5) is 34.6. The van der Waals surface area contributed by atoms with E-state index in [0.29, 0.717) is 17.7 Å². The highest BCUT2D eigenvalue weighted by Crippen LogP contribution is 2.28. The molecule has 1 aliphatic rings. The Balaban J connectivity index is 1.76. The summed E-state index contributed by atoms with van der Waals surface area (Å²) in [5.41, 5.74) is 0.987. The summed E-state index contributed by atoms with van der Waals surface area (Å²) >= 11 is 0. The summed E-state index contributed by atoms with van der Waals surface area (Å²) in [7, 11) is 0. The lowest BCUT2D eigenvalue weighted by molar-refractivity contribution is -0.138. The van der Waals surface area contributed by atoms with E-state index in [2.05, 4.69) is 10.6 Å². The van der Waals surface area contributed by atoms with Crippen LogP contribution in [0.1, 0.15) is 62.2 Å². The van der Waals surface area contributed by atoms with Crippen molar-refractivity contribution in [3.05, 3.63) is 29.8 Å². The van der Waals surface area contributed by atoms with E-state index >= 15 is 0 Å². The third-order valence-electron chi connectivity index (χ3n) is 4.64. The minimum atomic E-state index is -1.09. The van der Waals surface area contributed by atoms with E-state index in [1.807, 2.05) is 0 Å². The Labute approximate surface area is 148 Å². The largest absolute Gasteiger partial charge is 0.480 e. The molecule has 2 rings (SSSR count). The monoisotopic (exact) mass is 346 g/mol. The Hall–Kier alpha value is -2.37. The van der Waals surface area contributed by atoms with Gasteiger partial charge in [-0.15, -0.1) is 0 Å². The van der Waals surface area contributed by atoms with Crippen molar-refractivity contribution < 1.29 is 19.5 Å². The van der Waals surface area contributed by atoms with E-state index in [1.165, 1.54) is 32.6 Å². The van der Waals surface area contributed by atoms with E-state index in [1.54, 1.807) is 24.3 Å². The molecule has 6 nitrogen and oxygen atoms in total. The normalized spacial score (nSPS) is 15.6. The highest BCUT2D eigenvalue weighted by atomic mass is 16.4. The fourth-order valence-corrected chi connectivity index (χ4v) is 3.12. The quantitative estimate of drug-likeness (QED) is 0.673. The van der Waals surface area contributed by atoms with E-state index in [0.717, 1.165) is 18.8 Å². The first-order valence-electron chi connectivity index (χ1n) is 8.89. The van der Waals surface area contributed by atoms with Crippen LogP contribution in [-0.4, -0.2) is 28.9 Å². The number of carbonyl (C=O) groups is 3. The molecule has 0 aromatic heterocycles. The number of amides is 2. The molecule has 0 saturated heterocycles. The fourth-order valence-electron chi connectivity index (χ4n) is 3.12. The van der Waals surface area contributed by atoms with E-state index in [9.17, 15) is 14.4 Å². The molecule has 25 heavy (non-hydrogen) atoms. The second kappa shape index (κ2) is 9.20. The van der Waals surface area contributed by atoms with Gasteiger partial charge in [0.1, 0.15) is 6.04 Å². The third-order valence-corrected chi connectivity index (χ3v) is 4.64. The number of benzene rings is 1. The molecule has 0 heterocycles. The van der Waals surface area contributed by atoms with Gasteiger partial charge in [-0.2, -0.15) is 0 Å². The number of nitrogens with one attached hydrogen (secondary N) is 2. The van der Waals surface area contributed by atoms with Crippen molar-refractivity contribution in [3.8, 4) is 0 Å². The molecule has 3 N–H and O–H groups in total. The Morgan fingerprint density at radius 2 is 1.80 bits per heavy atom. The van der Waals surface area contributed by atoms with Crippen LogP contribution >= 0.6 is 0 Å². The number of hydrogen-bond acceptors (Lipinski definition) is 3. The first kappa shape index (κ1) is 19.0. The molecule has 1 atom stereocenters. The maximum absolute atomic E-state index is 12.0. The molecule has 1 unspecified atom stereocenters. The Bertz CT molecular complexity index is 606. The van der Waals surface area contributed by atoms with Gasteiger partial charge in [-0.05, 0) is 49.9 Å². The van der Waals surface area contributed by atoms with Gasteiger partial charge in [0.25, 0.3) is 5.91 Å². The third kappa shape index (κ3) is 6.21. The number of carboxylic acid groups (broad SMARTS) is 1. The van der Waals surface area contributed by atoms with E-state index in [-0.39, 0.29) is 5.91 Å². The molecule has 1 saturated carbocycles. The van der Waals surface area contributed by atoms with Gasteiger partial charge in [0, 0.05) is 17.7 Å². The minimum Gasteiger partial charge on any atom is -0.480 e. The number of hydrogen-bond donors (Lipinski definition) is 3. The van der Waals surface area contributed by atoms with Crippen LogP contribution in [0.3, 0.4) is 0 Å². The van der Waals surface area contributed by atoms with Crippen LogP contribution in [0.5, 0.6) is 0 Å². The van der Waals surface area contributed by atoms with Crippen molar-refractivity contribution in [2.75, 3.05) is 5.32 Å². The minimum absolute atomic E-state index is 0.0188. The first-order valence-corrected chi connectivity index (χ1v) is 8.89. The molecule has 6 heteroatoms. The number of carboxylic acids is 1. The maximum atomic E-state index is 12.0. The van der Waals surface area contributed by atoms with Crippen molar-refractivity contribution in [2.45, 2.75) is 57.9 Å². The second-order valence-corrected chi connectivity index (χ2v) is 6.70. The fraction of sp³-hybridized carbons (Fsp3) is 0.526. The zero-order valence-corrected chi connectivity index (χ0v) is 14.6. The molecule has 1 aromatic rings. The highest BCUT2D eigenvalue weighted by Gasteiger charge is 2.16. The van der Waals surface area contributed by atoms with Crippen LogP contribution in [0, 0.1) is 5.92 Å². The van der Waals surface area contributed by atoms with Gasteiger partial charge in [-0.1, -0.05) is 25.7 Å². The summed E-state index contributed by atoms with van der Waals surface area (Å²) in [5.74, 6) is -0.771. The van der Waals surface area contributed by atoms with Crippen LogP contribution in [0.25, 0.3) is 0 Å². The van der Waals surface area contributed by atoms with Gasteiger partial charge >= 0.3 is 5.97 Å². The van der Waals surface area contributed by atoms with Crippen LogP contribution in [0.2, 0.25) is 0 Å². The zero-order valence-electron chi connectivity index (χ0n) is 14.6. The summed E-state index contributed by atoms with van der Waals surface area (Å²) in [6, 6.07) is 5.48. The summed E-state index contributed by atoms with van der Waals surface area (Å²) in [6.45, 7) is 1.40. The number of anilines is 1. The summed E-state index contributed by atoms with van der Waals surface area (Å²) in [5, 5.41) is 14.0. The van der Waals surface area contributed by atoms with Crippen LogP contribution in [-0.2, 0) is 9.59 Å². The molecule has 136 valence electrons. The molecule has 1 aromatic carbocycles. The Morgan fingerprint density at radius 1 is 1.16 bits per heavy atom. The lowest BCUT2D eigenvalue weighted by Gasteiger charge is -2.10. The van der Waals surface area contributed by atoms with Crippen molar-refractivity contribution in [1.82, 2.24) is 5.32 Å². The van der Waals surface area contributed by atoms with E-state index in [4.69, 9.17) is 5.11 Å². The summed E-state index contributed by atoms with van der Waals surface area (Å²) in [6.07, 6.45) is 7.77. The first-order chi connectivity index (χ1) is 12.0. The molecule has 0 bridgehead atoms.